The number of hydrogen-bond donors (Lipinski definition) is 3. The predicted octanol–water partition coefficient (Wildman–Crippen LogP) is 21.4. The molecule has 0 amide bonds. The zero-order valence-electron chi connectivity index (χ0n) is 60.7. The van der Waals surface area contributed by atoms with Gasteiger partial charge in [-0.3, -0.25) is 37.3 Å². The molecule has 0 saturated carbocycles. The van der Waals surface area contributed by atoms with Crippen molar-refractivity contribution in [1.29, 1.82) is 0 Å². The Balaban J connectivity index is 5.24. The van der Waals surface area contributed by atoms with Crippen LogP contribution in [0.25, 0.3) is 0 Å². The fourth-order valence-electron chi connectivity index (χ4n) is 11.2. The van der Waals surface area contributed by atoms with Crippen LogP contribution in [0.5, 0.6) is 0 Å². The van der Waals surface area contributed by atoms with Gasteiger partial charge in [-0.25, -0.2) is 9.13 Å². The third-order valence-electron chi connectivity index (χ3n) is 17.5. The Bertz CT molecular complexity index is 1820. The maximum Gasteiger partial charge on any atom is 0.472 e. The third kappa shape index (κ3) is 67.0. The molecular weight excluding hydrogens is 1220 g/mol. The zero-order valence-corrected chi connectivity index (χ0v) is 62.5. The maximum atomic E-state index is 13.1. The number of ether oxygens (including phenoxy) is 4. The van der Waals surface area contributed by atoms with Crippen LogP contribution in [0.3, 0.4) is 0 Å². The molecule has 93 heavy (non-hydrogen) atoms. The highest BCUT2D eigenvalue weighted by molar-refractivity contribution is 7.47. The molecule has 0 aromatic rings. The van der Waals surface area contributed by atoms with Crippen LogP contribution in [0, 0.1) is 17.8 Å². The van der Waals surface area contributed by atoms with Gasteiger partial charge in [-0.05, 0) is 43.4 Å². The summed E-state index contributed by atoms with van der Waals surface area (Å²) in [5.74, 6) is 0.227. The average Bonchev–Trinajstić information content (AvgIpc) is 2.08. The molecule has 0 aliphatic rings. The van der Waals surface area contributed by atoms with Crippen LogP contribution < -0.4 is 0 Å². The molecule has 3 N–H and O–H groups in total. The van der Waals surface area contributed by atoms with E-state index in [9.17, 15) is 43.2 Å². The van der Waals surface area contributed by atoms with Gasteiger partial charge in [0, 0.05) is 25.7 Å². The molecule has 0 aromatic carbocycles. The topological polar surface area (TPSA) is 237 Å². The van der Waals surface area contributed by atoms with Gasteiger partial charge in [0.2, 0.25) is 0 Å². The Labute approximate surface area is 568 Å². The number of aliphatic hydroxyl groups excluding tert-OH is 1. The van der Waals surface area contributed by atoms with Gasteiger partial charge >= 0.3 is 39.5 Å². The van der Waals surface area contributed by atoms with E-state index in [4.69, 9.17) is 37.0 Å². The minimum absolute atomic E-state index is 0.105. The van der Waals surface area contributed by atoms with E-state index in [1.54, 1.807) is 0 Å². The van der Waals surface area contributed by atoms with E-state index in [1.807, 2.05) is 0 Å². The number of unbranched alkanes of at least 4 members (excludes halogenated alkanes) is 39. The molecule has 0 heterocycles. The molecule has 0 aliphatic carbocycles. The van der Waals surface area contributed by atoms with Crippen LogP contribution in [0.1, 0.15) is 376 Å². The van der Waals surface area contributed by atoms with Gasteiger partial charge in [0.25, 0.3) is 0 Å². The SMILES string of the molecule is CCCCCCCCCCCC(=O)OC[C@H](COP(=O)(O)OC[C@H](O)COP(=O)(O)OC[C@@H](COC(=O)CCCCCCCCCCCCC(C)CC)OC(=O)CCCCCCCCCCCCCCCCCC(C)C)OC(=O)CCCCCCCCCCCC(C)C. The Morgan fingerprint density at radius 1 is 0.312 bits per heavy atom. The second-order valence-corrected chi connectivity index (χ2v) is 30.8. The van der Waals surface area contributed by atoms with Gasteiger partial charge < -0.3 is 33.8 Å². The van der Waals surface area contributed by atoms with Crippen LogP contribution in [0.2, 0.25) is 0 Å². The molecule has 0 aliphatic heterocycles. The van der Waals surface area contributed by atoms with E-state index in [0.717, 1.165) is 108 Å². The number of phosphoric ester groups is 2. The van der Waals surface area contributed by atoms with Crippen molar-refractivity contribution >= 4 is 39.5 Å². The van der Waals surface area contributed by atoms with Gasteiger partial charge in [-0.2, -0.15) is 0 Å². The van der Waals surface area contributed by atoms with Crippen LogP contribution in [-0.4, -0.2) is 96.7 Å². The van der Waals surface area contributed by atoms with Crippen molar-refractivity contribution in [2.45, 2.75) is 394 Å². The molecule has 6 atom stereocenters. The Hall–Kier alpha value is -1.94. The largest absolute Gasteiger partial charge is 0.472 e. The van der Waals surface area contributed by atoms with Crippen LogP contribution in [0.15, 0.2) is 0 Å². The van der Waals surface area contributed by atoms with Gasteiger partial charge in [0.15, 0.2) is 12.2 Å². The Morgan fingerprint density at radius 3 is 0.817 bits per heavy atom. The number of phosphoric acid groups is 2. The molecule has 19 heteroatoms. The molecule has 0 aromatic heterocycles. The van der Waals surface area contributed by atoms with Gasteiger partial charge in [0.1, 0.15) is 19.3 Å². The Morgan fingerprint density at radius 2 is 0.548 bits per heavy atom. The second kappa shape index (κ2) is 64.7. The van der Waals surface area contributed by atoms with Gasteiger partial charge in [-0.1, -0.05) is 325 Å². The molecule has 3 unspecified atom stereocenters. The lowest BCUT2D eigenvalue weighted by Crippen LogP contribution is -2.30. The molecular formula is C74H144O17P2. The summed E-state index contributed by atoms with van der Waals surface area (Å²) in [7, 11) is -9.91. The van der Waals surface area contributed by atoms with Gasteiger partial charge in [-0.15, -0.1) is 0 Å². The first kappa shape index (κ1) is 91.1. The fraction of sp³-hybridized carbons (Fsp3) is 0.946. The molecule has 0 fully saturated rings. The summed E-state index contributed by atoms with van der Waals surface area (Å²) in [4.78, 5) is 72.7. The van der Waals surface area contributed by atoms with Crippen molar-refractivity contribution in [3.8, 4) is 0 Å². The van der Waals surface area contributed by atoms with Gasteiger partial charge in [0.05, 0.1) is 26.4 Å². The highest BCUT2D eigenvalue weighted by Gasteiger charge is 2.30. The smallest absolute Gasteiger partial charge is 0.462 e. The predicted molar refractivity (Wildman–Crippen MR) is 377 cm³/mol. The summed E-state index contributed by atoms with van der Waals surface area (Å²) in [5.41, 5.74) is 0. The summed E-state index contributed by atoms with van der Waals surface area (Å²) in [5, 5.41) is 10.6. The van der Waals surface area contributed by atoms with E-state index in [2.05, 4.69) is 48.5 Å². The molecule has 552 valence electrons. The fourth-order valence-corrected chi connectivity index (χ4v) is 12.8. The molecule has 17 nitrogen and oxygen atoms in total. The normalized spacial score (nSPS) is 14.4. The average molecular weight is 1370 g/mol. The van der Waals surface area contributed by atoms with Crippen molar-refractivity contribution in [3.63, 3.8) is 0 Å². The van der Waals surface area contributed by atoms with Crippen molar-refractivity contribution in [2.75, 3.05) is 39.6 Å². The monoisotopic (exact) mass is 1370 g/mol. The standard InChI is InChI=1S/C74H144O17P2/c1-8-10-11-12-13-24-34-41-48-55-71(76)84-61-69(91-74(79)58-51-44-37-30-23-26-32-39-46-53-66(5)6)63-88-92(80,81)86-59-68(75)60-87-93(82,83)89-64-70(62-85-72(77)56-49-42-35-28-22-21-27-33-40-47-54-67(7)9-2)90-73(78)57-50-43-36-29-20-18-16-14-15-17-19-25-31-38-45-52-65(3)4/h65-70,75H,8-64H2,1-7H3,(H,80,81)(H,82,83)/t67?,68-,69+,70+/m0/s1. The van der Waals surface area contributed by atoms with Crippen LogP contribution >= 0.6 is 15.6 Å². The summed E-state index contributed by atoms with van der Waals surface area (Å²) >= 11 is 0. The quantitative estimate of drug-likeness (QED) is 0.0222. The highest BCUT2D eigenvalue weighted by Crippen LogP contribution is 2.45. The van der Waals surface area contributed by atoms with E-state index >= 15 is 0 Å². The highest BCUT2D eigenvalue weighted by atomic mass is 31.2. The lowest BCUT2D eigenvalue weighted by atomic mass is 9.99. The summed E-state index contributed by atoms with van der Waals surface area (Å²) in [6, 6.07) is 0. The van der Waals surface area contributed by atoms with E-state index in [-0.39, 0.29) is 25.7 Å². The number of esters is 4. The molecule has 0 bridgehead atoms. The first-order valence-electron chi connectivity index (χ1n) is 38.4. The number of hydrogen-bond acceptors (Lipinski definition) is 15. The maximum absolute atomic E-state index is 13.1. The second-order valence-electron chi connectivity index (χ2n) is 27.9. The molecule has 0 saturated heterocycles. The lowest BCUT2D eigenvalue weighted by molar-refractivity contribution is -0.161. The van der Waals surface area contributed by atoms with Crippen LogP contribution in [0.4, 0.5) is 0 Å². The molecule has 0 rings (SSSR count). The minimum atomic E-state index is -4.96. The van der Waals surface area contributed by atoms with E-state index in [1.165, 1.54) is 186 Å². The first-order chi connectivity index (χ1) is 44.8. The van der Waals surface area contributed by atoms with Crippen molar-refractivity contribution < 1.29 is 80.2 Å². The van der Waals surface area contributed by atoms with Crippen molar-refractivity contribution in [2.24, 2.45) is 17.8 Å². The summed E-state index contributed by atoms with van der Waals surface area (Å²) in [6.45, 7) is 11.9. The number of aliphatic hydroxyl groups is 1. The Kier molecular flexibility index (Phi) is 63.4. The summed E-state index contributed by atoms with van der Waals surface area (Å²) < 4.78 is 68.4. The number of carbonyl (C=O) groups excluding carboxylic acids is 4. The van der Waals surface area contributed by atoms with Crippen molar-refractivity contribution in [1.82, 2.24) is 0 Å². The third-order valence-corrected chi connectivity index (χ3v) is 19.4. The van der Waals surface area contributed by atoms with E-state index in [0.29, 0.717) is 25.7 Å². The lowest BCUT2D eigenvalue weighted by Gasteiger charge is -2.21. The van der Waals surface area contributed by atoms with Crippen molar-refractivity contribution in [3.05, 3.63) is 0 Å². The van der Waals surface area contributed by atoms with E-state index < -0.39 is 97.5 Å². The number of rotatable bonds is 72. The summed E-state index contributed by atoms with van der Waals surface area (Å²) in [6.07, 6.45) is 49.9. The first-order valence-corrected chi connectivity index (χ1v) is 41.4. The molecule has 0 radical (unpaired) electrons. The van der Waals surface area contributed by atoms with Crippen LogP contribution in [-0.2, 0) is 65.4 Å². The zero-order chi connectivity index (χ0) is 68.7. The minimum Gasteiger partial charge on any atom is -0.462 e. The molecule has 0 spiro atoms. The number of carbonyl (C=O) groups is 4.